The first kappa shape index (κ1) is 29.9. The van der Waals surface area contributed by atoms with E-state index in [9.17, 15) is 0 Å². The molecule has 4 aromatic rings. The highest BCUT2D eigenvalue weighted by atomic mass is 16.9. The molecule has 2 aliphatic rings. The van der Waals surface area contributed by atoms with E-state index in [4.69, 9.17) is 23.4 Å². The lowest BCUT2D eigenvalue weighted by Gasteiger charge is -2.56. The summed E-state index contributed by atoms with van der Waals surface area (Å²) in [5.41, 5.74) is 5.41. The van der Waals surface area contributed by atoms with Crippen LogP contribution in [0, 0.1) is 0 Å². The molecule has 2 heterocycles. The van der Waals surface area contributed by atoms with Crippen LogP contribution in [0.3, 0.4) is 0 Å². The molecular formula is C37H39BNO5-. The van der Waals surface area contributed by atoms with E-state index in [-0.39, 0.29) is 24.4 Å². The monoisotopic (exact) mass is 588 g/mol. The van der Waals surface area contributed by atoms with Crippen molar-refractivity contribution in [1.29, 1.82) is 0 Å². The molecule has 5 atom stereocenters. The summed E-state index contributed by atoms with van der Waals surface area (Å²) in [5, 5.41) is 0. The summed E-state index contributed by atoms with van der Waals surface area (Å²) in [6.45, 7) is -2.57. The molecule has 0 radical (unpaired) electrons. The summed E-state index contributed by atoms with van der Waals surface area (Å²) in [6.07, 6.45) is 8.46. The second kappa shape index (κ2) is 13.7. The quantitative estimate of drug-likeness (QED) is 0.194. The number of nitrogens with zero attached hydrogens (tertiary/aromatic N) is 1. The van der Waals surface area contributed by atoms with Gasteiger partial charge in [0.15, 0.2) is 0 Å². The molecule has 6 nitrogen and oxygen atoms in total. The van der Waals surface area contributed by atoms with E-state index in [0.717, 1.165) is 33.7 Å². The van der Waals surface area contributed by atoms with Gasteiger partial charge in [0, 0.05) is 44.2 Å². The summed E-state index contributed by atoms with van der Waals surface area (Å²) in [4.78, 5) is 2.09. The topological polar surface area (TPSA) is 49.4 Å². The Kier molecular flexibility index (Phi) is 9.29. The first-order valence-electron chi connectivity index (χ1n) is 15.2. The number of ether oxygens (including phenoxy) is 1. The summed E-state index contributed by atoms with van der Waals surface area (Å²) in [5.74, 6) is 0.819. The number of anilines is 1. The molecule has 6 rings (SSSR count). The van der Waals surface area contributed by atoms with E-state index in [1.54, 1.807) is 7.11 Å². The van der Waals surface area contributed by atoms with Crippen molar-refractivity contribution in [3.8, 4) is 5.75 Å². The van der Waals surface area contributed by atoms with Crippen LogP contribution in [0.15, 0.2) is 121 Å². The summed E-state index contributed by atoms with van der Waals surface area (Å²) < 4.78 is 32.0. The predicted molar refractivity (Wildman–Crippen MR) is 177 cm³/mol. The Morgan fingerprint density at radius 1 is 0.614 bits per heavy atom. The summed E-state index contributed by atoms with van der Waals surface area (Å²) >= 11 is 0. The van der Waals surface area contributed by atoms with Crippen LogP contribution in [0.1, 0.15) is 47.3 Å². The van der Waals surface area contributed by atoms with Crippen LogP contribution in [0.4, 0.5) is 5.69 Å². The van der Waals surface area contributed by atoms with Crippen LogP contribution >= 0.6 is 0 Å². The van der Waals surface area contributed by atoms with Crippen molar-refractivity contribution in [3.05, 3.63) is 144 Å². The SMILES string of the molecule is COc1ccc(/C=C/C2CC(c3ccccc3)O[B-]3(O2)OC(/C=C/c2ccc(N(C)C)cc2)CC(c2ccccc2)O3)cc1. The predicted octanol–water partition coefficient (Wildman–Crippen LogP) is 8.02. The zero-order valence-corrected chi connectivity index (χ0v) is 25.5. The van der Waals surface area contributed by atoms with Gasteiger partial charge in [0.05, 0.1) is 7.11 Å². The zero-order valence-electron chi connectivity index (χ0n) is 25.5. The van der Waals surface area contributed by atoms with Gasteiger partial charge in [-0.05, 0) is 59.4 Å². The molecule has 1 spiro atoms. The van der Waals surface area contributed by atoms with Crippen molar-refractivity contribution in [2.45, 2.75) is 37.3 Å². The third kappa shape index (κ3) is 7.32. The second-order valence-corrected chi connectivity index (χ2v) is 11.4. The van der Waals surface area contributed by atoms with Crippen molar-refractivity contribution in [1.82, 2.24) is 0 Å². The average Bonchev–Trinajstić information content (AvgIpc) is 3.07. The highest BCUT2D eigenvalue weighted by molar-refractivity contribution is 6.54. The van der Waals surface area contributed by atoms with E-state index < -0.39 is 6.96 Å². The molecule has 5 unspecified atom stereocenters. The highest BCUT2D eigenvalue weighted by Gasteiger charge is 2.47. The van der Waals surface area contributed by atoms with Crippen molar-refractivity contribution >= 4 is 24.8 Å². The second-order valence-electron chi connectivity index (χ2n) is 11.4. The maximum absolute atomic E-state index is 6.70. The molecule has 2 fully saturated rings. The Labute approximate surface area is 260 Å². The van der Waals surface area contributed by atoms with Gasteiger partial charge >= 0.3 is 6.96 Å². The molecular weight excluding hydrogens is 549 g/mol. The Morgan fingerprint density at radius 3 is 1.50 bits per heavy atom. The molecule has 226 valence electrons. The standard InChI is InChI=1S/C37H39BNO5/c1-39(2)32-20-14-28(15-21-32)18-24-34-26-36(30-10-6-4-7-11-30)43-38(41-34)42-35(25-19-29-16-22-33(40-3)23-17-29)27-37(44-38)31-12-8-5-9-13-31/h4-25,34-37H,26-27H2,1-3H3/q-1/b24-18+,25-19+. The summed E-state index contributed by atoms with van der Waals surface area (Å²) in [7, 11) is 5.75. The van der Waals surface area contributed by atoms with E-state index in [1.165, 1.54) is 0 Å². The molecule has 0 saturated carbocycles. The minimum atomic E-state index is -2.57. The van der Waals surface area contributed by atoms with Gasteiger partial charge in [0.2, 0.25) is 0 Å². The molecule has 7 heteroatoms. The molecule has 0 aliphatic carbocycles. The lowest BCUT2D eigenvalue weighted by atomic mass is 9.88. The number of hydrogen-bond acceptors (Lipinski definition) is 6. The normalized spacial score (nSPS) is 25.4. The lowest BCUT2D eigenvalue weighted by molar-refractivity contribution is -0.156. The van der Waals surface area contributed by atoms with Crippen LogP contribution in [0.25, 0.3) is 12.2 Å². The van der Waals surface area contributed by atoms with E-state index >= 15 is 0 Å². The zero-order chi connectivity index (χ0) is 30.4. The fourth-order valence-corrected chi connectivity index (χ4v) is 5.72. The molecule has 2 saturated heterocycles. The van der Waals surface area contributed by atoms with Gasteiger partial charge in [-0.2, -0.15) is 0 Å². The van der Waals surface area contributed by atoms with Crippen LogP contribution in [-0.4, -0.2) is 40.4 Å². The van der Waals surface area contributed by atoms with Crippen LogP contribution in [0.2, 0.25) is 0 Å². The van der Waals surface area contributed by atoms with E-state index in [1.807, 2.05) is 74.8 Å². The number of rotatable bonds is 8. The van der Waals surface area contributed by atoms with Gasteiger partial charge < -0.3 is 28.3 Å². The molecule has 0 N–H and O–H groups in total. The maximum atomic E-state index is 6.70. The smallest absolute Gasteiger partial charge is 0.513 e. The Hall–Kier alpha value is -4.14. The molecule has 0 amide bonds. The highest BCUT2D eigenvalue weighted by Crippen LogP contribution is 2.43. The third-order valence-corrected chi connectivity index (χ3v) is 8.11. The summed E-state index contributed by atoms with van der Waals surface area (Å²) in [6, 6.07) is 36.8. The van der Waals surface area contributed by atoms with Crippen molar-refractivity contribution in [2.75, 3.05) is 26.1 Å². The van der Waals surface area contributed by atoms with Gasteiger partial charge in [-0.1, -0.05) is 109 Å². The fraction of sp³-hybridized carbons (Fsp3) is 0.243. The van der Waals surface area contributed by atoms with Crippen molar-refractivity contribution < 1.29 is 23.4 Å². The Bertz CT molecular complexity index is 1540. The first-order valence-corrected chi connectivity index (χ1v) is 15.2. The minimum absolute atomic E-state index is 0.267. The molecule has 0 aromatic heterocycles. The first-order chi connectivity index (χ1) is 21.5. The lowest BCUT2D eigenvalue weighted by Crippen LogP contribution is -2.59. The Morgan fingerprint density at radius 2 is 1.07 bits per heavy atom. The van der Waals surface area contributed by atoms with Crippen LogP contribution in [0.5, 0.6) is 5.75 Å². The van der Waals surface area contributed by atoms with Gasteiger partial charge in [0.1, 0.15) is 5.75 Å². The van der Waals surface area contributed by atoms with Crippen molar-refractivity contribution in [2.24, 2.45) is 0 Å². The van der Waals surface area contributed by atoms with Gasteiger partial charge in [-0.25, -0.2) is 0 Å². The largest absolute Gasteiger partial charge is 0.532 e. The number of benzene rings is 4. The van der Waals surface area contributed by atoms with E-state index in [2.05, 4.69) is 77.7 Å². The molecule has 2 aliphatic heterocycles. The Balaban J connectivity index is 1.31. The number of hydrogen-bond donors (Lipinski definition) is 0. The van der Waals surface area contributed by atoms with E-state index in [0.29, 0.717) is 12.8 Å². The fourth-order valence-electron chi connectivity index (χ4n) is 5.72. The number of methoxy groups -OCH3 is 1. The van der Waals surface area contributed by atoms with Gasteiger partial charge in [0.25, 0.3) is 0 Å². The average molecular weight is 589 g/mol. The van der Waals surface area contributed by atoms with Gasteiger partial charge in [-0.15, -0.1) is 0 Å². The van der Waals surface area contributed by atoms with Crippen molar-refractivity contribution in [3.63, 3.8) is 0 Å². The maximum Gasteiger partial charge on any atom is 0.532 e. The van der Waals surface area contributed by atoms with Crippen LogP contribution in [-0.2, 0) is 18.6 Å². The third-order valence-electron chi connectivity index (χ3n) is 8.11. The van der Waals surface area contributed by atoms with Crippen LogP contribution < -0.4 is 9.64 Å². The molecule has 0 bridgehead atoms. The van der Waals surface area contributed by atoms with Gasteiger partial charge in [-0.3, -0.25) is 0 Å². The molecule has 4 aromatic carbocycles. The molecule has 44 heavy (non-hydrogen) atoms. The minimum Gasteiger partial charge on any atom is -0.513 e.